The summed E-state index contributed by atoms with van der Waals surface area (Å²) >= 11 is 5.82. The Morgan fingerprint density at radius 1 is 1.26 bits per heavy atom. The van der Waals surface area contributed by atoms with Crippen LogP contribution in [0.4, 0.5) is 4.39 Å². The summed E-state index contributed by atoms with van der Waals surface area (Å²) in [4.78, 5) is 0.552. The van der Waals surface area contributed by atoms with Crippen LogP contribution in [0.5, 0.6) is 0 Å². The van der Waals surface area contributed by atoms with E-state index in [-0.39, 0.29) is 11.3 Å². The van der Waals surface area contributed by atoms with Gasteiger partial charge < -0.3 is 0 Å². The topological polar surface area (TPSA) is 40.9 Å². The van der Waals surface area contributed by atoms with Gasteiger partial charge >= 0.3 is 0 Å². The molecule has 2 nitrogen and oxygen atoms in total. The fourth-order valence-electron chi connectivity index (χ4n) is 1.57. The third-order valence-electron chi connectivity index (χ3n) is 2.53. The molecule has 5 heteroatoms. The van der Waals surface area contributed by atoms with Gasteiger partial charge in [-0.15, -0.1) is 0 Å². The maximum absolute atomic E-state index is 13.7. The smallest absolute Gasteiger partial charge is 0.128 e. The van der Waals surface area contributed by atoms with E-state index in [0.29, 0.717) is 15.5 Å². The van der Waals surface area contributed by atoms with Crippen LogP contribution in [0.25, 0.3) is 0 Å². The SMILES string of the molecule is N#Cc1ccc(CS(=O)c2cccc(Cl)c2)c(F)c1. The fourth-order valence-corrected chi connectivity index (χ4v) is 2.99. The van der Waals surface area contributed by atoms with E-state index in [1.807, 2.05) is 6.07 Å². The number of hydrogen-bond acceptors (Lipinski definition) is 2. The molecule has 0 fully saturated rings. The third kappa shape index (κ3) is 3.40. The molecule has 0 heterocycles. The summed E-state index contributed by atoms with van der Waals surface area (Å²) in [5.41, 5.74) is 0.562. The largest absolute Gasteiger partial charge is 0.254 e. The molecule has 96 valence electrons. The van der Waals surface area contributed by atoms with Crippen molar-refractivity contribution in [3.63, 3.8) is 0 Å². The zero-order valence-corrected chi connectivity index (χ0v) is 11.3. The molecule has 0 spiro atoms. The van der Waals surface area contributed by atoms with Gasteiger partial charge in [-0.3, -0.25) is 4.21 Å². The maximum atomic E-state index is 13.7. The lowest BCUT2D eigenvalue weighted by Gasteiger charge is -2.04. The van der Waals surface area contributed by atoms with E-state index >= 15 is 0 Å². The highest BCUT2D eigenvalue weighted by atomic mass is 35.5. The van der Waals surface area contributed by atoms with Crippen LogP contribution >= 0.6 is 11.6 Å². The summed E-state index contributed by atoms with van der Waals surface area (Å²) in [5, 5.41) is 9.14. The van der Waals surface area contributed by atoms with Gasteiger partial charge in [-0.25, -0.2) is 4.39 Å². The average Bonchev–Trinajstić information content (AvgIpc) is 2.41. The lowest BCUT2D eigenvalue weighted by molar-refractivity contribution is 0.614. The van der Waals surface area contributed by atoms with E-state index in [0.717, 1.165) is 6.07 Å². The zero-order valence-electron chi connectivity index (χ0n) is 9.77. The van der Waals surface area contributed by atoms with Crippen molar-refractivity contribution in [3.05, 3.63) is 64.4 Å². The summed E-state index contributed by atoms with van der Waals surface area (Å²) in [5.74, 6) is -0.466. The van der Waals surface area contributed by atoms with Crippen molar-refractivity contribution in [1.29, 1.82) is 5.26 Å². The van der Waals surface area contributed by atoms with Crippen molar-refractivity contribution in [2.45, 2.75) is 10.6 Å². The van der Waals surface area contributed by atoms with Crippen molar-refractivity contribution >= 4 is 22.4 Å². The molecule has 0 radical (unpaired) electrons. The highest BCUT2D eigenvalue weighted by molar-refractivity contribution is 7.84. The first-order valence-corrected chi connectivity index (χ1v) is 7.12. The Morgan fingerprint density at radius 3 is 2.68 bits per heavy atom. The Labute approximate surface area is 117 Å². The molecule has 1 atom stereocenters. The van der Waals surface area contributed by atoms with Crippen LogP contribution in [-0.2, 0) is 16.6 Å². The molecule has 0 N–H and O–H groups in total. The first-order valence-electron chi connectivity index (χ1n) is 5.42. The van der Waals surface area contributed by atoms with E-state index in [2.05, 4.69) is 0 Å². The number of hydrogen-bond donors (Lipinski definition) is 0. The van der Waals surface area contributed by atoms with Gasteiger partial charge in [-0.1, -0.05) is 23.7 Å². The molecule has 19 heavy (non-hydrogen) atoms. The van der Waals surface area contributed by atoms with E-state index < -0.39 is 16.6 Å². The van der Waals surface area contributed by atoms with Gasteiger partial charge in [0.1, 0.15) is 5.82 Å². The third-order valence-corrected chi connectivity index (χ3v) is 4.12. The number of halogens is 2. The molecule has 2 aromatic rings. The molecule has 0 saturated carbocycles. The first kappa shape index (κ1) is 13.7. The molecule has 0 aromatic heterocycles. The van der Waals surface area contributed by atoms with Crippen molar-refractivity contribution in [1.82, 2.24) is 0 Å². The second kappa shape index (κ2) is 5.96. The van der Waals surface area contributed by atoms with Crippen LogP contribution in [0, 0.1) is 17.1 Å². The number of nitrogens with zero attached hydrogens (tertiary/aromatic N) is 1. The van der Waals surface area contributed by atoms with Crippen LogP contribution in [0.2, 0.25) is 5.02 Å². The van der Waals surface area contributed by atoms with Crippen molar-refractivity contribution < 1.29 is 8.60 Å². The van der Waals surface area contributed by atoms with Gasteiger partial charge in [0.25, 0.3) is 0 Å². The van der Waals surface area contributed by atoms with E-state index in [4.69, 9.17) is 16.9 Å². The van der Waals surface area contributed by atoms with Gasteiger partial charge in [0.2, 0.25) is 0 Å². The van der Waals surface area contributed by atoms with Crippen LogP contribution < -0.4 is 0 Å². The van der Waals surface area contributed by atoms with Gasteiger partial charge in [-0.2, -0.15) is 5.26 Å². The van der Waals surface area contributed by atoms with E-state index in [1.54, 1.807) is 24.3 Å². The van der Waals surface area contributed by atoms with Gasteiger partial charge in [0, 0.05) is 15.5 Å². The lowest BCUT2D eigenvalue weighted by atomic mass is 10.1. The number of rotatable bonds is 3. The van der Waals surface area contributed by atoms with Crippen LogP contribution in [0.3, 0.4) is 0 Å². The zero-order chi connectivity index (χ0) is 13.8. The minimum atomic E-state index is -1.37. The number of benzene rings is 2. The van der Waals surface area contributed by atoms with Crippen molar-refractivity contribution in [2.75, 3.05) is 0 Å². The van der Waals surface area contributed by atoms with Crippen molar-refractivity contribution in [2.24, 2.45) is 0 Å². The van der Waals surface area contributed by atoms with Crippen LogP contribution in [-0.4, -0.2) is 4.21 Å². The molecule has 0 aliphatic carbocycles. The Hall–Kier alpha value is -1.70. The molecule has 0 bridgehead atoms. The minimum Gasteiger partial charge on any atom is -0.254 e. The highest BCUT2D eigenvalue weighted by Crippen LogP contribution is 2.19. The summed E-state index contributed by atoms with van der Waals surface area (Å²) in [6, 6.07) is 12.7. The maximum Gasteiger partial charge on any atom is 0.128 e. The quantitative estimate of drug-likeness (QED) is 0.866. The van der Waals surface area contributed by atoms with Gasteiger partial charge in [0.15, 0.2) is 0 Å². The molecule has 0 aliphatic heterocycles. The first-order chi connectivity index (χ1) is 9.10. The standard InChI is InChI=1S/C14H9ClFNOS/c15-12-2-1-3-13(7-12)19(18)9-11-5-4-10(8-17)6-14(11)16/h1-7H,9H2. The summed E-state index contributed by atoms with van der Waals surface area (Å²) < 4.78 is 25.8. The Kier molecular flexibility index (Phi) is 4.31. The Morgan fingerprint density at radius 2 is 2.05 bits per heavy atom. The van der Waals surface area contributed by atoms with Gasteiger partial charge in [-0.05, 0) is 30.3 Å². The normalized spacial score (nSPS) is 11.8. The molecular formula is C14H9ClFNOS. The predicted molar refractivity (Wildman–Crippen MR) is 72.7 cm³/mol. The minimum absolute atomic E-state index is 0.0535. The fraction of sp³-hybridized carbons (Fsp3) is 0.0714. The predicted octanol–water partition coefficient (Wildman–Crippen LogP) is 3.66. The molecule has 0 amide bonds. The monoisotopic (exact) mass is 293 g/mol. The molecule has 2 aromatic carbocycles. The average molecular weight is 294 g/mol. The molecule has 0 saturated heterocycles. The van der Waals surface area contributed by atoms with Crippen LogP contribution in [0.15, 0.2) is 47.4 Å². The molecule has 2 rings (SSSR count). The van der Waals surface area contributed by atoms with E-state index in [1.165, 1.54) is 12.1 Å². The second-order valence-corrected chi connectivity index (χ2v) is 5.75. The lowest BCUT2D eigenvalue weighted by Crippen LogP contribution is -1.99. The summed E-state index contributed by atoms with van der Waals surface area (Å²) in [6.45, 7) is 0. The molecule has 1 unspecified atom stereocenters. The second-order valence-electron chi connectivity index (χ2n) is 3.87. The van der Waals surface area contributed by atoms with Gasteiger partial charge in [0.05, 0.1) is 28.2 Å². The van der Waals surface area contributed by atoms with Crippen molar-refractivity contribution in [3.8, 4) is 6.07 Å². The summed E-state index contributed by atoms with van der Waals surface area (Å²) in [6.07, 6.45) is 0. The molecule has 0 aliphatic rings. The Balaban J connectivity index is 2.22. The molecular weight excluding hydrogens is 285 g/mol. The van der Waals surface area contributed by atoms with Crippen LogP contribution in [0.1, 0.15) is 11.1 Å². The summed E-state index contributed by atoms with van der Waals surface area (Å²) in [7, 11) is -1.37. The Bertz CT molecular complexity index is 681. The number of nitriles is 1. The highest BCUT2D eigenvalue weighted by Gasteiger charge is 2.10. The van der Waals surface area contributed by atoms with E-state index in [9.17, 15) is 8.60 Å².